The van der Waals surface area contributed by atoms with Crippen LogP contribution >= 0.6 is 15.9 Å². The molecule has 2 unspecified atom stereocenters. The van der Waals surface area contributed by atoms with Crippen molar-refractivity contribution >= 4 is 15.9 Å². The molecule has 70 valence electrons. The zero-order valence-corrected chi connectivity index (χ0v) is 8.87. The lowest BCUT2D eigenvalue weighted by molar-refractivity contribution is 0.0243. The van der Waals surface area contributed by atoms with Gasteiger partial charge in [-0.15, -0.1) is 0 Å². The first-order valence-electron chi connectivity index (χ1n) is 4.54. The number of pyridine rings is 1. The molecule has 0 amide bonds. The fourth-order valence-electron chi connectivity index (χ4n) is 1.64. The Morgan fingerprint density at radius 3 is 2.92 bits per heavy atom. The Morgan fingerprint density at radius 1 is 1.54 bits per heavy atom. The Hall–Kier alpha value is -0.410. The summed E-state index contributed by atoms with van der Waals surface area (Å²) >= 11 is 3.45. The second-order valence-electron chi connectivity index (χ2n) is 3.58. The van der Waals surface area contributed by atoms with Gasteiger partial charge in [-0.2, -0.15) is 0 Å². The number of rotatable bonds is 2. The highest BCUT2D eigenvalue weighted by molar-refractivity contribution is 9.10. The van der Waals surface area contributed by atoms with Crippen molar-refractivity contribution in [3.63, 3.8) is 0 Å². The molecule has 1 N–H and O–H groups in total. The van der Waals surface area contributed by atoms with E-state index in [2.05, 4.69) is 20.9 Å². The van der Waals surface area contributed by atoms with Crippen LogP contribution in [0.25, 0.3) is 0 Å². The van der Waals surface area contributed by atoms with Crippen molar-refractivity contribution in [1.29, 1.82) is 0 Å². The van der Waals surface area contributed by atoms with E-state index in [0.29, 0.717) is 5.92 Å². The van der Waals surface area contributed by atoms with E-state index in [-0.39, 0.29) is 6.10 Å². The topological polar surface area (TPSA) is 33.1 Å². The summed E-state index contributed by atoms with van der Waals surface area (Å²) in [6, 6.07) is 2.01. The number of aliphatic hydroxyl groups excluding tert-OH is 1. The Bertz CT molecular complexity index is 303. The lowest BCUT2D eigenvalue weighted by Gasteiger charge is -2.32. The van der Waals surface area contributed by atoms with Crippen LogP contribution in [-0.4, -0.2) is 16.2 Å². The molecule has 0 aromatic carbocycles. The molecule has 1 saturated carbocycles. The molecule has 1 aromatic heterocycles. The van der Waals surface area contributed by atoms with Crippen LogP contribution in [0, 0.1) is 5.92 Å². The van der Waals surface area contributed by atoms with Crippen LogP contribution in [0.1, 0.15) is 18.4 Å². The maximum absolute atomic E-state index is 9.43. The van der Waals surface area contributed by atoms with Gasteiger partial charge >= 0.3 is 0 Å². The molecule has 3 heteroatoms. The van der Waals surface area contributed by atoms with Gasteiger partial charge in [0.05, 0.1) is 6.10 Å². The van der Waals surface area contributed by atoms with Gasteiger partial charge in [-0.05, 0) is 52.7 Å². The molecule has 1 heterocycles. The molecule has 0 saturated heterocycles. The molecular weight excluding hydrogens is 230 g/mol. The predicted molar refractivity (Wildman–Crippen MR) is 54.4 cm³/mol. The monoisotopic (exact) mass is 241 g/mol. The Labute approximate surface area is 86.1 Å². The van der Waals surface area contributed by atoms with Crippen LogP contribution in [0.5, 0.6) is 0 Å². The zero-order valence-electron chi connectivity index (χ0n) is 7.28. The molecule has 0 spiro atoms. The molecule has 2 nitrogen and oxygen atoms in total. The summed E-state index contributed by atoms with van der Waals surface area (Å²) in [5.74, 6) is 0.457. The van der Waals surface area contributed by atoms with Crippen LogP contribution < -0.4 is 0 Å². The Kier molecular flexibility index (Phi) is 2.65. The summed E-state index contributed by atoms with van der Waals surface area (Å²) in [6.45, 7) is 0. The summed E-state index contributed by atoms with van der Waals surface area (Å²) in [5, 5.41) is 9.43. The van der Waals surface area contributed by atoms with Crippen molar-refractivity contribution < 1.29 is 5.11 Å². The first kappa shape index (κ1) is 9.16. The molecular formula is C10H12BrNO. The van der Waals surface area contributed by atoms with Crippen molar-refractivity contribution in [3.8, 4) is 0 Å². The third-order valence-electron chi connectivity index (χ3n) is 2.72. The average Bonchev–Trinajstić information content (AvgIpc) is 2.14. The summed E-state index contributed by atoms with van der Waals surface area (Å²) in [4.78, 5) is 4.01. The third kappa shape index (κ3) is 1.92. The maximum Gasteiger partial charge on any atom is 0.0571 e. The molecule has 2 atom stereocenters. The standard InChI is InChI=1S/C10H12BrNO/c11-9-6-12-4-3-7(9)5-8-1-2-10(8)13/h3-4,6,8,10,13H,1-2,5H2. The van der Waals surface area contributed by atoms with Gasteiger partial charge < -0.3 is 5.11 Å². The van der Waals surface area contributed by atoms with Crippen molar-refractivity contribution in [2.45, 2.75) is 25.4 Å². The van der Waals surface area contributed by atoms with E-state index in [9.17, 15) is 5.11 Å². The number of hydrogen-bond donors (Lipinski definition) is 1. The Balaban J connectivity index is 2.05. The van der Waals surface area contributed by atoms with E-state index in [1.54, 1.807) is 12.4 Å². The van der Waals surface area contributed by atoms with E-state index >= 15 is 0 Å². The molecule has 1 fully saturated rings. The summed E-state index contributed by atoms with van der Waals surface area (Å²) in [6.07, 6.45) is 6.60. The van der Waals surface area contributed by atoms with Gasteiger partial charge in [0.1, 0.15) is 0 Å². The van der Waals surface area contributed by atoms with Crippen LogP contribution in [-0.2, 0) is 6.42 Å². The van der Waals surface area contributed by atoms with E-state index in [0.717, 1.165) is 23.7 Å². The van der Waals surface area contributed by atoms with Gasteiger partial charge in [0, 0.05) is 16.9 Å². The van der Waals surface area contributed by atoms with Crippen molar-refractivity contribution in [1.82, 2.24) is 4.98 Å². The van der Waals surface area contributed by atoms with Crippen molar-refractivity contribution in [2.24, 2.45) is 5.92 Å². The SMILES string of the molecule is OC1CCC1Cc1ccncc1Br. The number of halogens is 1. The number of hydrogen-bond acceptors (Lipinski definition) is 2. The van der Waals surface area contributed by atoms with E-state index in [1.165, 1.54) is 5.56 Å². The minimum Gasteiger partial charge on any atom is -0.393 e. The van der Waals surface area contributed by atoms with E-state index in [1.807, 2.05) is 6.07 Å². The quantitative estimate of drug-likeness (QED) is 0.861. The molecule has 0 aliphatic heterocycles. The van der Waals surface area contributed by atoms with Gasteiger partial charge in [-0.1, -0.05) is 0 Å². The molecule has 2 rings (SSSR count). The lowest BCUT2D eigenvalue weighted by Crippen LogP contribution is -2.32. The second-order valence-corrected chi connectivity index (χ2v) is 4.43. The molecule has 1 aromatic rings. The maximum atomic E-state index is 9.43. The van der Waals surface area contributed by atoms with Crippen molar-refractivity contribution in [2.75, 3.05) is 0 Å². The number of aliphatic hydroxyl groups is 1. The Morgan fingerprint density at radius 2 is 2.38 bits per heavy atom. The third-order valence-corrected chi connectivity index (χ3v) is 3.43. The summed E-state index contributed by atoms with van der Waals surface area (Å²) in [7, 11) is 0. The van der Waals surface area contributed by atoms with Crippen LogP contribution in [0.15, 0.2) is 22.9 Å². The highest BCUT2D eigenvalue weighted by Crippen LogP contribution is 2.32. The zero-order chi connectivity index (χ0) is 9.26. The fraction of sp³-hybridized carbons (Fsp3) is 0.500. The molecule has 13 heavy (non-hydrogen) atoms. The van der Waals surface area contributed by atoms with E-state index < -0.39 is 0 Å². The van der Waals surface area contributed by atoms with Crippen LogP contribution in [0.3, 0.4) is 0 Å². The minimum absolute atomic E-state index is 0.0833. The highest BCUT2D eigenvalue weighted by Gasteiger charge is 2.28. The van der Waals surface area contributed by atoms with Crippen LogP contribution in [0.2, 0.25) is 0 Å². The molecule has 1 aliphatic rings. The van der Waals surface area contributed by atoms with Crippen molar-refractivity contribution in [3.05, 3.63) is 28.5 Å². The lowest BCUT2D eigenvalue weighted by atomic mass is 9.78. The summed E-state index contributed by atoms with van der Waals surface area (Å²) < 4.78 is 1.05. The predicted octanol–water partition coefficient (Wildman–Crippen LogP) is 2.16. The number of nitrogens with zero attached hydrogens (tertiary/aromatic N) is 1. The first-order valence-corrected chi connectivity index (χ1v) is 5.33. The van der Waals surface area contributed by atoms with Gasteiger partial charge in [-0.3, -0.25) is 4.98 Å². The first-order chi connectivity index (χ1) is 6.27. The second kappa shape index (κ2) is 3.76. The normalized spacial score (nSPS) is 26.9. The molecule has 1 aliphatic carbocycles. The van der Waals surface area contributed by atoms with Gasteiger partial charge in [0.15, 0.2) is 0 Å². The molecule has 0 radical (unpaired) electrons. The molecule has 0 bridgehead atoms. The van der Waals surface area contributed by atoms with Crippen LogP contribution in [0.4, 0.5) is 0 Å². The fourth-order valence-corrected chi connectivity index (χ4v) is 2.05. The largest absolute Gasteiger partial charge is 0.393 e. The number of aromatic nitrogens is 1. The highest BCUT2D eigenvalue weighted by atomic mass is 79.9. The van der Waals surface area contributed by atoms with Gasteiger partial charge in [0.2, 0.25) is 0 Å². The van der Waals surface area contributed by atoms with E-state index in [4.69, 9.17) is 0 Å². The van der Waals surface area contributed by atoms with Gasteiger partial charge in [-0.25, -0.2) is 0 Å². The summed E-state index contributed by atoms with van der Waals surface area (Å²) in [5.41, 5.74) is 1.25. The minimum atomic E-state index is -0.0833. The average molecular weight is 242 g/mol. The smallest absolute Gasteiger partial charge is 0.0571 e. The van der Waals surface area contributed by atoms with Gasteiger partial charge in [0.25, 0.3) is 0 Å².